The number of carboxylic acid groups (broad SMARTS) is 1. The maximum absolute atomic E-state index is 13.5. The smallest absolute Gasteiger partial charge is 0.418 e. The largest absolute Gasteiger partial charge is 0.485 e. The molecule has 1 aromatic heterocycles. The number of aliphatic hydroxyl groups excluding tert-OH is 2. The van der Waals surface area contributed by atoms with E-state index in [4.69, 9.17) is 36.1 Å². The first-order valence-corrected chi connectivity index (χ1v) is 18.2. The second-order valence-electron chi connectivity index (χ2n) is 13.7. The van der Waals surface area contributed by atoms with E-state index in [0.717, 1.165) is 11.3 Å². The highest BCUT2D eigenvalue weighted by Gasteiger charge is 2.58. The van der Waals surface area contributed by atoms with Crippen molar-refractivity contribution >= 4 is 56.2 Å². The van der Waals surface area contributed by atoms with Gasteiger partial charge in [-0.15, -0.1) is 15.6 Å². The number of rotatable bonds is 14. The van der Waals surface area contributed by atoms with Crippen molar-refractivity contribution in [3.63, 3.8) is 0 Å². The third kappa shape index (κ3) is 7.96. The molecule has 0 radical (unpaired) electrons. The van der Waals surface area contributed by atoms with Gasteiger partial charge in [0.05, 0.1) is 18.2 Å². The minimum Gasteiger partial charge on any atom is -0.485 e. The van der Waals surface area contributed by atoms with Crippen LogP contribution < -0.4 is 26.8 Å². The lowest BCUT2D eigenvalue weighted by Crippen LogP contribution is -2.76. The number of hydrogen-bond acceptors (Lipinski definition) is 16. The number of aromatic nitrogens is 1. The van der Waals surface area contributed by atoms with Crippen molar-refractivity contribution in [3.05, 3.63) is 40.4 Å². The van der Waals surface area contributed by atoms with Crippen molar-refractivity contribution in [1.29, 1.82) is 5.41 Å². The van der Waals surface area contributed by atoms with Crippen LogP contribution in [0.3, 0.4) is 0 Å². The summed E-state index contributed by atoms with van der Waals surface area (Å²) in [5, 5.41) is 48.8. The van der Waals surface area contributed by atoms with Gasteiger partial charge in [-0.3, -0.25) is 19.6 Å². The Morgan fingerprint density at radius 1 is 1.31 bits per heavy atom. The third-order valence-corrected chi connectivity index (χ3v) is 10.3. The Morgan fingerprint density at radius 2 is 2.00 bits per heavy atom. The Labute approximate surface area is 301 Å². The number of thiazole rings is 1. The van der Waals surface area contributed by atoms with Gasteiger partial charge in [-0.05, 0) is 76.6 Å². The number of aliphatic hydroxyl groups is 2. The van der Waals surface area contributed by atoms with Crippen LogP contribution >= 0.6 is 11.3 Å². The summed E-state index contributed by atoms with van der Waals surface area (Å²) in [6.45, 7) is 3.55. The molecule has 52 heavy (non-hydrogen) atoms. The number of nitrogens with two attached hydrogens (primary N) is 2. The molecule has 1 aromatic carbocycles. The second kappa shape index (κ2) is 14.2. The number of amidine groups is 1. The van der Waals surface area contributed by atoms with Crippen molar-refractivity contribution in [2.45, 2.75) is 93.8 Å². The average Bonchev–Trinajstić information content (AvgIpc) is 3.49. The molecule has 1 saturated heterocycles. The Bertz CT molecular complexity index is 1900. The molecule has 3 heterocycles. The fourth-order valence-electron chi connectivity index (χ4n) is 6.34. The Morgan fingerprint density at radius 3 is 2.58 bits per heavy atom. The van der Waals surface area contributed by atoms with Crippen molar-refractivity contribution in [2.75, 3.05) is 12.3 Å². The number of carbonyl (C=O) groups excluding carboxylic acids is 2. The second-order valence-corrected chi connectivity index (χ2v) is 15.6. The van der Waals surface area contributed by atoms with Crippen LogP contribution in [-0.4, -0.2) is 115 Å². The van der Waals surface area contributed by atoms with Gasteiger partial charge in [-0.25, -0.2) is 9.78 Å². The molecular weight excluding hydrogens is 729 g/mol. The van der Waals surface area contributed by atoms with E-state index in [1.54, 1.807) is 18.2 Å². The number of nitrogens with zero attached hydrogens (tertiary/aromatic N) is 3. The fourth-order valence-corrected chi connectivity index (χ4v) is 7.34. The van der Waals surface area contributed by atoms with E-state index in [9.17, 15) is 33.0 Å². The number of fused-ring (bicyclic) bond motifs is 1. The Kier molecular flexibility index (Phi) is 10.6. The molecule has 0 bridgehead atoms. The number of oxime groups is 1. The molecule has 2 aromatic rings. The molecule has 1 unspecified atom stereocenters. The summed E-state index contributed by atoms with van der Waals surface area (Å²) in [7, 11) is -5.05. The predicted molar refractivity (Wildman–Crippen MR) is 182 cm³/mol. The van der Waals surface area contributed by atoms with E-state index in [1.165, 1.54) is 26.2 Å². The van der Waals surface area contributed by atoms with Gasteiger partial charge in [-0.2, -0.15) is 13.5 Å². The molecule has 4 atom stereocenters. The minimum atomic E-state index is -5.05. The maximum atomic E-state index is 13.5. The van der Waals surface area contributed by atoms with Crippen molar-refractivity contribution in [1.82, 2.24) is 20.7 Å². The van der Waals surface area contributed by atoms with Crippen LogP contribution in [0.25, 0.3) is 0 Å². The first kappa shape index (κ1) is 38.8. The predicted octanol–water partition coefficient (Wildman–Crippen LogP) is -0.959. The highest BCUT2D eigenvalue weighted by atomic mass is 32.3. The minimum absolute atomic E-state index is 0.0391. The van der Waals surface area contributed by atoms with Crippen LogP contribution in [0.1, 0.15) is 63.3 Å². The zero-order valence-electron chi connectivity index (χ0n) is 28.2. The standard InChI is InChI=1S/C30H40N8O12S2/c1-28(2)22(25(42)38(28)50-52(45,46)47)36-24(41)21(18-13-51-27(32)35-18)37-49-29(3,26(43)44)20-7-5-14-8-15(4-6-19(14)48-20)23(31)34-16-9-30(33,10-16)11-17(40)12-39/h4,6,8,13,16-17,20,22,39-40H,5,7,9-12,33H2,1-3H3,(H2,31,34)(H2,32,35)(H,36,41)(H,43,44)(H,45,46,47)/b37-21-/t16-,17?,20-,22-,29+,30-/m1/s1. The lowest BCUT2D eigenvalue weighted by molar-refractivity contribution is -0.218. The summed E-state index contributed by atoms with van der Waals surface area (Å²) in [6.07, 6.45) is -0.269. The lowest BCUT2D eigenvalue weighted by Gasteiger charge is -2.50. The first-order chi connectivity index (χ1) is 24.2. The molecule has 2 aliphatic heterocycles. The SMILES string of the molecule is CC1(C)[C@H](NC(=O)/C(=N\O[C@](C)(C(=O)O)[C@H]2CCc3cc(C(=N)N[C@H]4C[C@@](N)(CC(O)CO)C4)ccc3O2)c2csc(N)n2)C(=O)N1OS(=O)(=O)O. The molecule has 5 rings (SSSR count). The van der Waals surface area contributed by atoms with Crippen molar-refractivity contribution in [3.8, 4) is 5.75 Å². The summed E-state index contributed by atoms with van der Waals surface area (Å²) in [6, 6.07) is 3.55. The summed E-state index contributed by atoms with van der Waals surface area (Å²) in [4.78, 5) is 48.4. The zero-order chi connectivity index (χ0) is 38.4. The molecule has 2 fully saturated rings. The molecule has 0 spiro atoms. The topological polar surface area (TPSA) is 322 Å². The van der Waals surface area contributed by atoms with Gasteiger partial charge in [0, 0.05) is 22.5 Å². The van der Waals surface area contributed by atoms with Gasteiger partial charge >= 0.3 is 16.4 Å². The number of ether oxygens (including phenoxy) is 1. The number of amides is 2. The highest BCUT2D eigenvalue weighted by Crippen LogP contribution is 2.37. The molecule has 2 amide bonds. The van der Waals surface area contributed by atoms with Crippen molar-refractivity contribution in [2.24, 2.45) is 10.9 Å². The van der Waals surface area contributed by atoms with Gasteiger partial charge in [0.1, 0.15) is 23.3 Å². The molecular formula is C30H40N8O12S2. The van der Waals surface area contributed by atoms with Gasteiger partial charge in [0.25, 0.3) is 17.4 Å². The number of nitrogens with one attached hydrogen (secondary N) is 3. The number of anilines is 1. The van der Waals surface area contributed by atoms with Gasteiger partial charge < -0.3 is 47.0 Å². The summed E-state index contributed by atoms with van der Waals surface area (Å²) >= 11 is 0.946. The zero-order valence-corrected chi connectivity index (χ0v) is 29.9. The number of hydroxylamine groups is 2. The molecule has 3 aliphatic rings. The van der Waals surface area contributed by atoms with Crippen LogP contribution in [0, 0.1) is 5.41 Å². The number of aliphatic carboxylic acids is 1. The van der Waals surface area contributed by atoms with E-state index in [-0.39, 0.29) is 42.2 Å². The Hall–Kier alpha value is -4.45. The monoisotopic (exact) mass is 768 g/mol. The lowest BCUT2D eigenvalue weighted by atomic mass is 9.70. The number of carboxylic acids is 1. The number of β-lactam (4-membered cyclic amide) rings is 1. The van der Waals surface area contributed by atoms with Gasteiger partial charge in [0.15, 0.2) is 16.9 Å². The average molecular weight is 769 g/mol. The van der Waals surface area contributed by atoms with E-state index >= 15 is 0 Å². The first-order valence-electron chi connectivity index (χ1n) is 15.9. The summed E-state index contributed by atoms with van der Waals surface area (Å²) < 4.78 is 41.7. The van der Waals surface area contributed by atoms with E-state index in [1.807, 2.05) is 0 Å². The molecule has 22 heteroatoms. The van der Waals surface area contributed by atoms with Crippen LogP contribution in [-0.2, 0) is 40.3 Å². The third-order valence-electron chi connectivity index (χ3n) is 9.27. The fraction of sp³-hybridized carbons (Fsp3) is 0.533. The summed E-state index contributed by atoms with van der Waals surface area (Å²) in [5.41, 5.74) is 8.39. The van der Waals surface area contributed by atoms with Gasteiger partial charge in [-0.1, -0.05) is 5.16 Å². The van der Waals surface area contributed by atoms with Crippen molar-refractivity contribution < 1.29 is 56.5 Å². The molecule has 284 valence electrons. The van der Waals surface area contributed by atoms with Gasteiger partial charge in [0.2, 0.25) is 0 Å². The molecule has 20 nitrogen and oxygen atoms in total. The van der Waals surface area contributed by atoms with Crippen LogP contribution in [0.2, 0.25) is 0 Å². The van der Waals surface area contributed by atoms with Crippen LogP contribution in [0.4, 0.5) is 5.13 Å². The molecule has 11 N–H and O–H groups in total. The number of nitrogen functional groups attached to an aromatic ring is 1. The van der Waals surface area contributed by atoms with E-state index in [2.05, 4.69) is 25.1 Å². The van der Waals surface area contributed by atoms with E-state index < -0.39 is 68.8 Å². The van der Waals surface area contributed by atoms with E-state index in [0.29, 0.717) is 41.2 Å². The maximum Gasteiger partial charge on any atom is 0.418 e. The summed E-state index contributed by atoms with van der Waals surface area (Å²) in [5.74, 6) is -3.03. The normalized spacial score (nSPS) is 25.7. The number of benzene rings is 1. The molecule has 1 aliphatic carbocycles. The number of aryl methyl sites for hydroxylation is 1. The number of hydrogen-bond donors (Lipinski definition) is 9. The quantitative estimate of drug-likeness (QED) is 0.0367. The number of carbonyl (C=O) groups is 3. The van der Waals surface area contributed by atoms with Crippen LogP contribution in [0.15, 0.2) is 28.7 Å². The molecule has 1 saturated carbocycles. The van der Waals surface area contributed by atoms with Crippen LogP contribution in [0.5, 0.6) is 5.75 Å². The Balaban J connectivity index is 1.28. The highest BCUT2D eigenvalue weighted by molar-refractivity contribution is 7.80.